The molecule has 0 amide bonds. The summed E-state index contributed by atoms with van der Waals surface area (Å²) in [6.07, 6.45) is 0.877. The van der Waals surface area contributed by atoms with Crippen LogP contribution in [-0.4, -0.2) is 33.1 Å². The van der Waals surface area contributed by atoms with Crippen molar-refractivity contribution in [1.29, 1.82) is 0 Å². The lowest BCUT2D eigenvalue weighted by atomic mass is 10.1. The molecule has 1 aromatic carbocycles. The number of aryl methyl sites for hydroxylation is 1. The first-order valence-electron chi connectivity index (χ1n) is 5.52. The molecule has 3 heteroatoms. The van der Waals surface area contributed by atoms with E-state index in [-0.39, 0.29) is 0 Å². The van der Waals surface area contributed by atoms with Gasteiger partial charge in [0.2, 0.25) is 0 Å². The van der Waals surface area contributed by atoms with Gasteiger partial charge in [-0.05, 0) is 37.6 Å². The third-order valence-electron chi connectivity index (χ3n) is 2.64. The molecule has 0 spiro atoms. The zero-order valence-corrected chi connectivity index (χ0v) is 10.2. The fraction of sp³-hybridized carbons (Fsp3) is 0.462. The van der Waals surface area contributed by atoms with Gasteiger partial charge in [0.1, 0.15) is 6.29 Å². The van der Waals surface area contributed by atoms with Crippen LogP contribution in [0.15, 0.2) is 18.2 Å². The lowest BCUT2D eigenvalue weighted by Gasteiger charge is -2.24. The maximum Gasteiger partial charge on any atom is 0.150 e. The van der Waals surface area contributed by atoms with Crippen LogP contribution < -0.4 is 4.90 Å². The number of nitrogens with zero attached hydrogens (tertiary/aromatic N) is 1. The summed E-state index contributed by atoms with van der Waals surface area (Å²) >= 11 is 0. The molecule has 3 nitrogen and oxygen atoms in total. The van der Waals surface area contributed by atoms with E-state index in [1.165, 1.54) is 5.69 Å². The van der Waals surface area contributed by atoms with Crippen molar-refractivity contribution in [3.63, 3.8) is 0 Å². The van der Waals surface area contributed by atoms with E-state index >= 15 is 0 Å². The maximum absolute atomic E-state index is 10.6. The molecule has 1 rings (SSSR count). The quantitative estimate of drug-likeness (QED) is 0.690. The molecule has 0 radical (unpaired) electrons. The fourth-order valence-corrected chi connectivity index (χ4v) is 1.76. The molecule has 1 aromatic rings. The predicted octanol–water partition coefficient (Wildman–Crippen LogP) is 2.28. The Bertz CT molecular complexity index is 350. The van der Waals surface area contributed by atoms with Crippen molar-refractivity contribution < 1.29 is 9.53 Å². The summed E-state index contributed by atoms with van der Waals surface area (Å²) in [6.45, 7) is 6.65. The van der Waals surface area contributed by atoms with Crippen LogP contribution in [0.1, 0.15) is 22.8 Å². The Balaban J connectivity index is 2.87. The van der Waals surface area contributed by atoms with Gasteiger partial charge in [0.15, 0.2) is 0 Å². The molecule has 0 bridgehead atoms. The Labute approximate surface area is 97.0 Å². The van der Waals surface area contributed by atoms with Gasteiger partial charge >= 0.3 is 0 Å². The summed E-state index contributed by atoms with van der Waals surface area (Å²) < 4.78 is 5.08. The molecule has 0 heterocycles. The third kappa shape index (κ3) is 3.07. The van der Waals surface area contributed by atoms with Crippen LogP contribution in [0, 0.1) is 6.92 Å². The summed E-state index contributed by atoms with van der Waals surface area (Å²) in [5, 5.41) is 0. The lowest BCUT2D eigenvalue weighted by molar-refractivity contribution is 0.112. The number of hydrogen-bond acceptors (Lipinski definition) is 3. The van der Waals surface area contributed by atoms with Crippen LogP contribution >= 0.6 is 0 Å². The van der Waals surface area contributed by atoms with Crippen LogP contribution in [0.3, 0.4) is 0 Å². The van der Waals surface area contributed by atoms with Gasteiger partial charge in [-0.1, -0.05) is 0 Å². The van der Waals surface area contributed by atoms with Crippen LogP contribution in [-0.2, 0) is 4.74 Å². The first-order chi connectivity index (χ1) is 7.72. The Morgan fingerprint density at radius 2 is 2.19 bits per heavy atom. The second-order valence-corrected chi connectivity index (χ2v) is 3.74. The number of carbonyl (C=O) groups is 1. The largest absolute Gasteiger partial charge is 0.383 e. The summed E-state index contributed by atoms with van der Waals surface area (Å²) in [4.78, 5) is 12.9. The van der Waals surface area contributed by atoms with E-state index in [0.29, 0.717) is 6.61 Å². The van der Waals surface area contributed by atoms with Gasteiger partial charge in [-0.15, -0.1) is 0 Å². The van der Waals surface area contributed by atoms with Gasteiger partial charge in [0, 0.05) is 31.5 Å². The highest BCUT2D eigenvalue weighted by molar-refractivity contribution is 5.76. The first-order valence-corrected chi connectivity index (χ1v) is 5.52. The molecular weight excluding hydrogens is 202 g/mol. The van der Waals surface area contributed by atoms with E-state index in [1.807, 2.05) is 25.1 Å². The Morgan fingerprint density at radius 1 is 1.44 bits per heavy atom. The van der Waals surface area contributed by atoms with Crippen LogP contribution in [0.4, 0.5) is 5.69 Å². The smallest absolute Gasteiger partial charge is 0.150 e. The third-order valence-corrected chi connectivity index (χ3v) is 2.64. The lowest BCUT2D eigenvalue weighted by Crippen LogP contribution is -2.27. The molecule has 0 N–H and O–H groups in total. The Morgan fingerprint density at radius 3 is 2.69 bits per heavy atom. The second kappa shape index (κ2) is 6.28. The number of anilines is 1. The topological polar surface area (TPSA) is 29.5 Å². The highest BCUT2D eigenvalue weighted by Gasteiger charge is 2.07. The number of methoxy groups -OCH3 is 1. The molecule has 88 valence electrons. The average Bonchev–Trinajstić information content (AvgIpc) is 2.31. The molecule has 0 aliphatic carbocycles. The number of carbonyl (C=O) groups excluding carboxylic acids is 1. The van der Waals surface area contributed by atoms with Crippen molar-refractivity contribution >= 4 is 12.0 Å². The van der Waals surface area contributed by atoms with E-state index in [0.717, 1.165) is 30.5 Å². The van der Waals surface area contributed by atoms with Gasteiger partial charge in [-0.2, -0.15) is 0 Å². The summed E-state index contributed by atoms with van der Waals surface area (Å²) in [5.41, 5.74) is 3.02. The van der Waals surface area contributed by atoms with Crippen molar-refractivity contribution in [3.05, 3.63) is 29.3 Å². The predicted molar refractivity (Wildman–Crippen MR) is 66.3 cm³/mol. The van der Waals surface area contributed by atoms with E-state index in [1.54, 1.807) is 7.11 Å². The van der Waals surface area contributed by atoms with E-state index < -0.39 is 0 Å². The minimum atomic E-state index is 0.711. The number of rotatable bonds is 6. The number of benzene rings is 1. The van der Waals surface area contributed by atoms with Gasteiger partial charge in [0.05, 0.1) is 6.61 Å². The highest BCUT2D eigenvalue weighted by atomic mass is 16.5. The van der Waals surface area contributed by atoms with E-state index in [2.05, 4.69) is 11.8 Å². The van der Waals surface area contributed by atoms with Crippen molar-refractivity contribution in [2.75, 3.05) is 31.7 Å². The highest BCUT2D eigenvalue weighted by Crippen LogP contribution is 2.20. The van der Waals surface area contributed by atoms with Crippen LogP contribution in [0.2, 0.25) is 0 Å². The van der Waals surface area contributed by atoms with Crippen molar-refractivity contribution in [3.8, 4) is 0 Å². The standard InChI is InChI=1S/C13H19NO2/c1-4-14(7-8-16-3)13-6-5-12(10-15)9-11(13)2/h5-6,9-10H,4,7-8H2,1-3H3. The number of likely N-dealkylation sites (N-methyl/N-ethyl adjacent to an activating group) is 1. The first kappa shape index (κ1) is 12.7. The SMILES string of the molecule is CCN(CCOC)c1ccc(C=O)cc1C. The monoisotopic (exact) mass is 221 g/mol. The zero-order valence-electron chi connectivity index (χ0n) is 10.2. The molecule has 0 saturated heterocycles. The van der Waals surface area contributed by atoms with E-state index in [4.69, 9.17) is 4.74 Å². The van der Waals surface area contributed by atoms with Gasteiger partial charge in [-0.25, -0.2) is 0 Å². The molecule has 16 heavy (non-hydrogen) atoms. The van der Waals surface area contributed by atoms with Gasteiger partial charge in [0.25, 0.3) is 0 Å². The van der Waals surface area contributed by atoms with Gasteiger partial charge < -0.3 is 9.64 Å². The molecule has 0 fully saturated rings. The minimum Gasteiger partial charge on any atom is -0.383 e. The molecule has 0 saturated carbocycles. The van der Waals surface area contributed by atoms with Gasteiger partial charge in [-0.3, -0.25) is 4.79 Å². The fourth-order valence-electron chi connectivity index (χ4n) is 1.76. The van der Waals surface area contributed by atoms with Crippen molar-refractivity contribution in [2.45, 2.75) is 13.8 Å². The van der Waals surface area contributed by atoms with E-state index in [9.17, 15) is 4.79 Å². The molecule has 0 unspecified atom stereocenters. The van der Waals surface area contributed by atoms with Crippen LogP contribution in [0.5, 0.6) is 0 Å². The van der Waals surface area contributed by atoms with Crippen molar-refractivity contribution in [1.82, 2.24) is 0 Å². The second-order valence-electron chi connectivity index (χ2n) is 3.74. The molecule has 0 aromatic heterocycles. The number of ether oxygens (including phenoxy) is 1. The molecule has 0 aliphatic heterocycles. The maximum atomic E-state index is 10.6. The summed E-state index contributed by atoms with van der Waals surface area (Å²) in [5.74, 6) is 0. The summed E-state index contributed by atoms with van der Waals surface area (Å²) in [7, 11) is 1.70. The summed E-state index contributed by atoms with van der Waals surface area (Å²) in [6, 6.07) is 5.76. The normalized spacial score (nSPS) is 10.2. The minimum absolute atomic E-state index is 0.711. The Kier molecular flexibility index (Phi) is 4.99. The Hall–Kier alpha value is -1.35. The van der Waals surface area contributed by atoms with Crippen LogP contribution in [0.25, 0.3) is 0 Å². The number of aldehydes is 1. The average molecular weight is 221 g/mol. The molecular formula is C13H19NO2. The number of hydrogen-bond donors (Lipinski definition) is 0. The zero-order chi connectivity index (χ0) is 12.0. The van der Waals surface area contributed by atoms with Crippen molar-refractivity contribution in [2.24, 2.45) is 0 Å². The molecule has 0 atom stereocenters. The molecule has 0 aliphatic rings.